The van der Waals surface area contributed by atoms with Crippen molar-refractivity contribution in [3.05, 3.63) is 77.8 Å². The van der Waals surface area contributed by atoms with E-state index in [1.54, 1.807) is 38.6 Å². The van der Waals surface area contributed by atoms with Crippen LogP contribution in [0.4, 0.5) is 0 Å². The molecule has 206 valence electrons. The maximum atomic E-state index is 12.4. The standard InChI is InChI=1S/C30H34N2O6S/c1-6-36-29(33)15-22-7-9-25(35-5)16-28(22)38-19-23-18-37-27-10-8-20(14-26(23)27)21-11-12-31-24(13-21)17-32-39(34)30(2,3)4/h7-14,16,18,32H,6,15,17,19H2,1-5H3. The molecule has 1 N–H and O–H groups in total. The number of pyridine rings is 1. The molecule has 0 aliphatic carbocycles. The smallest absolute Gasteiger partial charge is 0.310 e. The van der Waals surface area contributed by atoms with Crippen LogP contribution in [0.1, 0.15) is 44.5 Å². The molecule has 8 nitrogen and oxygen atoms in total. The minimum absolute atomic E-state index is 0.103. The Morgan fingerprint density at radius 1 is 1.05 bits per heavy atom. The summed E-state index contributed by atoms with van der Waals surface area (Å²) in [7, 11) is 0.401. The van der Waals surface area contributed by atoms with Gasteiger partial charge in [-0.1, -0.05) is 12.1 Å². The first-order chi connectivity index (χ1) is 18.7. The van der Waals surface area contributed by atoms with Crippen LogP contribution in [0, 0.1) is 0 Å². The second-order valence-electron chi connectivity index (χ2n) is 9.95. The molecule has 0 amide bonds. The lowest BCUT2D eigenvalue weighted by Crippen LogP contribution is -2.33. The van der Waals surface area contributed by atoms with Crippen molar-refractivity contribution in [3.63, 3.8) is 0 Å². The Morgan fingerprint density at radius 3 is 2.59 bits per heavy atom. The molecular weight excluding hydrogens is 516 g/mol. The maximum absolute atomic E-state index is 12.4. The number of hydrogen-bond acceptors (Lipinski definition) is 7. The van der Waals surface area contributed by atoms with Crippen molar-refractivity contribution < 1.29 is 27.6 Å². The molecule has 0 aliphatic heterocycles. The Morgan fingerprint density at radius 2 is 1.85 bits per heavy atom. The van der Waals surface area contributed by atoms with E-state index < -0.39 is 11.0 Å². The van der Waals surface area contributed by atoms with Crippen LogP contribution in [-0.4, -0.2) is 33.6 Å². The summed E-state index contributed by atoms with van der Waals surface area (Å²) in [6, 6.07) is 15.3. The van der Waals surface area contributed by atoms with E-state index in [1.165, 1.54) is 0 Å². The van der Waals surface area contributed by atoms with Crippen molar-refractivity contribution in [1.82, 2.24) is 9.71 Å². The number of nitrogens with one attached hydrogen (secondary N) is 1. The van der Waals surface area contributed by atoms with Crippen molar-refractivity contribution in [2.24, 2.45) is 0 Å². The van der Waals surface area contributed by atoms with Crippen LogP contribution in [0.25, 0.3) is 22.1 Å². The Bertz CT molecular complexity index is 1470. The number of hydrogen-bond donors (Lipinski definition) is 1. The number of carbonyl (C=O) groups excluding carboxylic acids is 1. The van der Waals surface area contributed by atoms with E-state index in [0.29, 0.717) is 30.2 Å². The molecule has 4 aromatic rings. The highest BCUT2D eigenvalue weighted by Gasteiger charge is 2.19. The van der Waals surface area contributed by atoms with Gasteiger partial charge in [0.1, 0.15) is 23.7 Å². The number of methoxy groups -OCH3 is 1. The van der Waals surface area contributed by atoms with E-state index in [9.17, 15) is 9.00 Å². The van der Waals surface area contributed by atoms with Gasteiger partial charge >= 0.3 is 5.97 Å². The average molecular weight is 551 g/mol. The van der Waals surface area contributed by atoms with Gasteiger partial charge in [0.2, 0.25) is 0 Å². The zero-order valence-electron chi connectivity index (χ0n) is 22.9. The van der Waals surface area contributed by atoms with Crippen LogP contribution < -0.4 is 14.2 Å². The second kappa shape index (κ2) is 12.4. The zero-order valence-corrected chi connectivity index (χ0v) is 23.7. The van der Waals surface area contributed by atoms with E-state index in [2.05, 4.69) is 15.8 Å². The van der Waals surface area contributed by atoms with Gasteiger partial charge in [0.25, 0.3) is 0 Å². The van der Waals surface area contributed by atoms with Gasteiger partial charge in [0.05, 0.1) is 54.4 Å². The molecule has 4 rings (SSSR count). The fraction of sp³-hybridized carbons (Fsp3) is 0.333. The van der Waals surface area contributed by atoms with Gasteiger partial charge in [-0.25, -0.2) is 8.93 Å². The van der Waals surface area contributed by atoms with Crippen LogP contribution in [0.15, 0.2) is 65.4 Å². The number of rotatable bonds is 11. The minimum Gasteiger partial charge on any atom is -0.497 e. The van der Waals surface area contributed by atoms with Gasteiger partial charge in [-0.2, -0.15) is 0 Å². The monoisotopic (exact) mass is 550 g/mol. The average Bonchev–Trinajstić information content (AvgIpc) is 3.33. The number of ether oxygens (including phenoxy) is 3. The summed E-state index contributed by atoms with van der Waals surface area (Å²) in [6.07, 6.45) is 3.54. The lowest BCUT2D eigenvalue weighted by atomic mass is 10.0. The third kappa shape index (κ3) is 7.25. The highest BCUT2D eigenvalue weighted by atomic mass is 32.2. The third-order valence-electron chi connectivity index (χ3n) is 6.04. The Kier molecular flexibility index (Phi) is 9.04. The number of benzene rings is 2. The number of esters is 1. The summed E-state index contributed by atoms with van der Waals surface area (Å²) in [6.45, 7) is 8.52. The first-order valence-corrected chi connectivity index (χ1v) is 13.9. The zero-order chi connectivity index (χ0) is 28.0. The molecule has 1 atom stereocenters. The molecule has 0 radical (unpaired) electrons. The summed E-state index contributed by atoms with van der Waals surface area (Å²) in [5, 5.41) is 0.924. The molecule has 1 unspecified atom stereocenters. The molecule has 0 spiro atoms. The molecule has 39 heavy (non-hydrogen) atoms. The third-order valence-corrected chi connectivity index (χ3v) is 7.56. The predicted octanol–water partition coefficient (Wildman–Crippen LogP) is 5.74. The number of carbonyl (C=O) groups is 1. The predicted molar refractivity (Wildman–Crippen MR) is 152 cm³/mol. The first kappa shape index (κ1) is 28.3. The molecule has 2 aromatic heterocycles. The van der Waals surface area contributed by atoms with Crippen molar-refractivity contribution in [2.75, 3.05) is 13.7 Å². The van der Waals surface area contributed by atoms with E-state index in [-0.39, 0.29) is 23.7 Å². The molecule has 9 heteroatoms. The van der Waals surface area contributed by atoms with Gasteiger partial charge in [-0.3, -0.25) is 9.78 Å². The summed E-state index contributed by atoms with van der Waals surface area (Å²) >= 11 is 0. The first-order valence-electron chi connectivity index (χ1n) is 12.7. The molecule has 0 fully saturated rings. The molecule has 0 saturated carbocycles. The molecular formula is C30H34N2O6S. The maximum Gasteiger partial charge on any atom is 0.310 e. The SMILES string of the molecule is CCOC(=O)Cc1ccc(OC)cc1OCc1coc2ccc(-c3ccnc(CNS(=O)C(C)(C)C)c3)cc12. The highest BCUT2D eigenvalue weighted by molar-refractivity contribution is 7.84. The lowest BCUT2D eigenvalue weighted by Gasteiger charge is -2.18. The van der Waals surface area contributed by atoms with Gasteiger partial charge < -0.3 is 18.6 Å². The molecule has 0 aliphatic rings. The summed E-state index contributed by atoms with van der Waals surface area (Å²) in [4.78, 5) is 16.5. The second-order valence-corrected chi connectivity index (χ2v) is 12.0. The molecule has 2 heterocycles. The normalized spacial score (nSPS) is 12.3. The highest BCUT2D eigenvalue weighted by Crippen LogP contribution is 2.31. The van der Waals surface area contributed by atoms with Crippen molar-refractivity contribution in [2.45, 2.75) is 52.0 Å². The summed E-state index contributed by atoms with van der Waals surface area (Å²) in [5.74, 6) is 0.862. The van der Waals surface area contributed by atoms with Crippen LogP contribution in [-0.2, 0) is 40.1 Å². The van der Waals surface area contributed by atoms with Crippen LogP contribution in [0.5, 0.6) is 11.5 Å². The largest absolute Gasteiger partial charge is 0.497 e. The fourth-order valence-electron chi connectivity index (χ4n) is 3.95. The van der Waals surface area contributed by atoms with Gasteiger partial charge in [0.15, 0.2) is 0 Å². The topological polar surface area (TPSA) is 99.9 Å². The van der Waals surface area contributed by atoms with Crippen LogP contribution in [0.3, 0.4) is 0 Å². The number of fused-ring (bicyclic) bond motifs is 1. The molecule has 0 bridgehead atoms. The van der Waals surface area contributed by atoms with E-state index in [1.807, 2.05) is 51.1 Å². The Hall–Kier alpha value is -3.69. The number of nitrogens with zero attached hydrogens (tertiary/aromatic N) is 1. The van der Waals surface area contributed by atoms with E-state index >= 15 is 0 Å². The summed E-state index contributed by atoms with van der Waals surface area (Å²) in [5.41, 5.74) is 5.11. The summed E-state index contributed by atoms with van der Waals surface area (Å²) < 4.78 is 37.5. The number of aromatic nitrogens is 1. The molecule has 0 saturated heterocycles. The van der Waals surface area contributed by atoms with Crippen LogP contribution >= 0.6 is 0 Å². The lowest BCUT2D eigenvalue weighted by molar-refractivity contribution is -0.142. The Labute approximate surface area is 231 Å². The van der Waals surface area contributed by atoms with Crippen molar-refractivity contribution >= 4 is 27.9 Å². The number of furan rings is 1. The van der Waals surface area contributed by atoms with E-state index in [4.69, 9.17) is 18.6 Å². The fourth-order valence-corrected chi connectivity index (χ4v) is 4.66. The molecule has 2 aromatic carbocycles. The Balaban J connectivity index is 1.54. The van der Waals surface area contributed by atoms with E-state index in [0.717, 1.165) is 33.4 Å². The van der Waals surface area contributed by atoms with Crippen molar-refractivity contribution in [1.29, 1.82) is 0 Å². The minimum atomic E-state index is -1.18. The van der Waals surface area contributed by atoms with Gasteiger partial charge in [0, 0.05) is 28.8 Å². The quantitative estimate of drug-likeness (QED) is 0.238. The van der Waals surface area contributed by atoms with Crippen molar-refractivity contribution in [3.8, 4) is 22.6 Å². The van der Waals surface area contributed by atoms with Gasteiger partial charge in [-0.05, 0) is 69.2 Å². The van der Waals surface area contributed by atoms with Crippen LogP contribution in [0.2, 0.25) is 0 Å². The van der Waals surface area contributed by atoms with Gasteiger partial charge in [-0.15, -0.1) is 0 Å².